The Morgan fingerprint density at radius 3 is 2.55 bits per heavy atom. The molecule has 8 heteroatoms. The number of hydrogen-bond donors (Lipinski definition) is 1. The van der Waals surface area contributed by atoms with Crippen molar-refractivity contribution in [3.8, 4) is 11.3 Å². The summed E-state index contributed by atoms with van der Waals surface area (Å²) < 4.78 is 27.8. The fourth-order valence-corrected chi connectivity index (χ4v) is 5.75. The van der Waals surface area contributed by atoms with E-state index >= 15 is 0 Å². The van der Waals surface area contributed by atoms with Gasteiger partial charge in [0.05, 0.1) is 16.8 Å². The van der Waals surface area contributed by atoms with Crippen molar-refractivity contribution in [3.63, 3.8) is 0 Å². The van der Waals surface area contributed by atoms with E-state index in [4.69, 9.17) is 0 Å². The Hall–Kier alpha value is -2.55. The lowest BCUT2D eigenvalue weighted by molar-refractivity contribution is 0.424. The van der Waals surface area contributed by atoms with Crippen LogP contribution < -0.4 is 5.43 Å². The third-order valence-corrected chi connectivity index (χ3v) is 7.93. The number of rotatable bonds is 6. The molecular weight excluding hydrogens is 428 g/mol. The van der Waals surface area contributed by atoms with Crippen molar-refractivity contribution in [2.75, 3.05) is 18.5 Å². The highest BCUT2D eigenvalue weighted by Gasteiger charge is 2.25. The second kappa shape index (κ2) is 9.72. The SMILES string of the molecule is Cc1ccc(C=NNc2nc(-c3cccc(S(=O)(=O)N4CCCCCC4)c3)cs2)cc1. The van der Waals surface area contributed by atoms with E-state index in [1.54, 1.807) is 28.7 Å². The van der Waals surface area contributed by atoms with Crippen LogP contribution in [0, 0.1) is 6.92 Å². The highest BCUT2D eigenvalue weighted by atomic mass is 32.2. The molecule has 31 heavy (non-hydrogen) atoms. The summed E-state index contributed by atoms with van der Waals surface area (Å²) >= 11 is 1.43. The number of hydrogen-bond acceptors (Lipinski definition) is 6. The standard InChI is InChI=1S/C23H26N4O2S2/c1-18-9-11-19(12-10-18)16-24-26-23-25-22(17-30-23)20-7-6-8-21(15-20)31(28,29)27-13-4-2-3-5-14-27/h6-12,15-17H,2-5,13-14H2,1H3,(H,25,26). The van der Waals surface area contributed by atoms with Gasteiger partial charge < -0.3 is 0 Å². The molecule has 6 nitrogen and oxygen atoms in total. The van der Waals surface area contributed by atoms with Crippen LogP contribution in [0.4, 0.5) is 5.13 Å². The van der Waals surface area contributed by atoms with Crippen LogP contribution in [-0.4, -0.2) is 37.0 Å². The predicted octanol–water partition coefficient (Wildman–Crippen LogP) is 5.13. The van der Waals surface area contributed by atoms with Crippen molar-refractivity contribution in [2.24, 2.45) is 5.10 Å². The molecule has 2 heterocycles. The average Bonchev–Trinajstić information content (AvgIpc) is 3.07. The van der Waals surface area contributed by atoms with E-state index in [9.17, 15) is 8.42 Å². The first kappa shape index (κ1) is 21.7. The number of aryl methyl sites for hydroxylation is 1. The summed E-state index contributed by atoms with van der Waals surface area (Å²) in [6, 6.07) is 15.1. The molecule has 0 unspecified atom stereocenters. The van der Waals surface area contributed by atoms with Gasteiger partial charge >= 0.3 is 0 Å². The Bertz CT molecular complexity index is 1150. The third-order valence-electron chi connectivity index (χ3n) is 5.29. The minimum atomic E-state index is -3.49. The summed E-state index contributed by atoms with van der Waals surface area (Å²) in [5.41, 5.74) is 6.66. The van der Waals surface area contributed by atoms with E-state index in [1.807, 2.05) is 42.6 Å². The maximum absolute atomic E-state index is 13.1. The first-order chi connectivity index (χ1) is 15.0. The van der Waals surface area contributed by atoms with E-state index in [2.05, 4.69) is 15.5 Å². The highest BCUT2D eigenvalue weighted by Crippen LogP contribution is 2.28. The molecule has 0 saturated carbocycles. The molecule has 1 N–H and O–H groups in total. The van der Waals surface area contributed by atoms with Crippen LogP contribution in [0.1, 0.15) is 36.8 Å². The quantitative estimate of drug-likeness (QED) is 0.414. The molecule has 3 aromatic rings. The van der Waals surface area contributed by atoms with Crippen LogP contribution in [0.3, 0.4) is 0 Å². The molecule has 0 amide bonds. The van der Waals surface area contributed by atoms with Gasteiger partial charge in [-0.2, -0.15) is 9.41 Å². The fraction of sp³-hybridized carbons (Fsp3) is 0.304. The first-order valence-corrected chi connectivity index (χ1v) is 12.8. The van der Waals surface area contributed by atoms with E-state index in [0.717, 1.165) is 42.5 Å². The lowest BCUT2D eigenvalue weighted by Crippen LogP contribution is -2.31. The molecule has 4 rings (SSSR count). The molecule has 162 valence electrons. The predicted molar refractivity (Wildman–Crippen MR) is 127 cm³/mol. The van der Waals surface area contributed by atoms with Gasteiger partial charge in [-0.25, -0.2) is 13.4 Å². The largest absolute Gasteiger partial charge is 0.253 e. The van der Waals surface area contributed by atoms with Crippen LogP contribution in [0.25, 0.3) is 11.3 Å². The summed E-state index contributed by atoms with van der Waals surface area (Å²) in [4.78, 5) is 4.89. The molecule has 2 aromatic carbocycles. The second-order valence-corrected chi connectivity index (χ2v) is 10.5. The summed E-state index contributed by atoms with van der Waals surface area (Å²) in [6.45, 7) is 3.23. The normalized spacial score (nSPS) is 15.8. The highest BCUT2D eigenvalue weighted by molar-refractivity contribution is 7.89. The zero-order valence-corrected chi connectivity index (χ0v) is 19.1. The summed E-state index contributed by atoms with van der Waals surface area (Å²) in [7, 11) is -3.49. The molecular formula is C23H26N4O2S2. The van der Waals surface area contributed by atoms with Crippen molar-refractivity contribution in [3.05, 3.63) is 65.0 Å². The van der Waals surface area contributed by atoms with E-state index < -0.39 is 10.0 Å². The Balaban J connectivity index is 1.48. The molecule has 0 aliphatic carbocycles. The third kappa shape index (κ3) is 5.39. The zero-order chi connectivity index (χ0) is 21.7. The molecule has 1 aromatic heterocycles. The number of aromatic nitrogens is 1. The van der Waals surface area contributed by atoms with Crippen LogP contribution in [-0.2, 0) is 10.0 Å². The van der Waals surface area contributed by atoms with Gasteiger partial charge in [0.15, 0.2) is 0 Å². The molecule has 1 saturated heterocycles. The smallest absolute Gasteiger partial charge is 0.243 e. The fourth-order valence-electron chi connectivity index (χ4n) is 3.52. The van der Waals surface area contributed by atoms with Gasteiger partial charge in [-0.1, -0.05) is 54.8 Å². The summed E-state index contributed by atoms with van der Waals surface area (Å²) in [5, 5.41) is 6.80. The molecule has 1 aliphatic rings. The van der Waals surface area contributed by atoms with Gasteiger partial charge in [0.2, 0.25) is 15.2 Å². The Labute approximate surface area is 187 Å². The van der Waals surface area contributed by atoms with Crippen molar-refractivity contribution >= 4 is 32.7 Å². The Morgan fingerprint density at radius 2 is 1.81 bits per heavy atom. The van der Waals surface area contributed by atoms with Crippen LogP contribution in [0.5, 0.6) is 0 Å². The monoisotopic (exact) mass is 454 g/mol. The summed E-state index contributed by atoms with van der Waals surface area (Å²) in [5.74, 6) is 0. The van der Waals surface area contributed by atoms with Crippen molar-refractivity contribution in [2.45, 2.75) is 37.5 Å². The number of anilines is 1. The average molecular weight is 455 g/mol. The van der Waals surface area contributed by atoms with E-state index in [-0.39, 0.29) is 0 Å². The van der Waals surface area contributed by atoms with Crippen molar-refractivity contribution in [1.29, 1.82) is 0 Å². The lowest BCUT2D eigenvalue weighted by atomic mass is 10.2. The van der Waals surface area contributed by atoms with Gasteiger partial charge in [-0.3, -0.25) is 5.43 Å². The van der Waals surface area contributed by atoms with Crippen LogP contribution in [0.2, 0.25) is 0 Å². The van der Waals surface area contributed by atoms with Gasteiger partial charge in [-0.15, -0.1) is 11.3 Å². The number of nitrogens with one attached hydrogen (secondary N) is 1. The van der Waals surface area contributed by atoms with Crippen LogP contribution >= 0.6 is 11.3 Å². The second-order valence-electron chi connectivity index (χ2n) is 7.66. The maximum atomic E-state index is 13.1. The topological polar surface area (TPSA) is 74.7 Å². The number of thiazole rings is 1. The molecule has 1 aliphatic heterocycles. The van der Waals surface area contributed by atoms with Gasteiger partial charge in [0.1, 0.15) is 0 Å². The number of nitrogens with zero attached hydrogens (tertiary/aromatic N) is 3. The van der Waals surface area contributed by atoms with Gasteiger partial charge in [0.25, 0.3) is 0 Å². The minimum absolute atomic E-state index is 0.326. The molecule has 0 radical (unpaired) electrons. The first-order valence-electron chi connectivity index (χ1n) is 10.4. The number of hydrazone groups is 1. The van der Waals surface area contributed by atoms with Gasteiger partial charge in [0, 0.05) is 24.0 Å². The molecule has 0 spiro atoms. The minimum Gasteiger partial charge on any atom is -0.253 e. The number of sulfonamides is 1. The van der Waals surface area contributed by atoms with Crippen molar-refractivity contribution < 1.29 is 8.42 Å². The molecule has 0 atom stereocenters. The summed E-state index contributed by atoms with van der Waals surface area (Å²) in [6.07, 6.45) is 5.77. The number of benzene rings is 2. The van der Waals surface area contributed by atoms with Crippen molar-refractivity contribution in [1.82, 2.24) is 9.29 Å². The molecule has 1 fully saturated rings. The van der Waals surface area contributed by atoms with Crippen LogP contribution in [0.15, 0.2) is 63.9 Å². The molecule has 0 bridgehead atoms. The Morgan fingerprint density at radius 1 is 1.06 bits per heavy atom. The van der Waals surface area contributed by atoms with E-state index in [1.165, 1.54) is 16.9 Å². The maximum Gasteiger partial charge on any atom is 0.243 e. The lowest BCUT2D eigenvalue weighted by Gasteiger charge is -2.20. The zero-order valence-electron chi connectivity index (χ0n) is 17.5. The Kier molecular flexibility index (Phi) is 6.80. The van der Waals surface area contributed by atoms with E-state index in [0.29, 0.717) is 23.1 Å². The van der Waals surface area contributed by atoms with Gasteiger partial charge in [-0.05, 0) is 37.5 Å².